The minimum absolute atomic E-state index is 0.456. The van der Waals surface area contributed by atoms with Crippen molar-refractivity contribution in [1.29, 1.82) is 0 Å². The zero-order valence-electron chi connectivity index (χ0n) is 11.1. The molecule has 2 aliphatic carbocycles. The molecule has 3 aliphatic rings. The van der Waals surface area contributed by atoms with Crippen LogP contribution in [0.4, 0.5) is 0 Å². The quantitative estimate of drug-likeness (QED) is 0.761. The lowest BCUT2D eigenvalue weighted by Gasteiger charge is -2.47. The molecule has 2 bridgehead atoms. The fourth-order valence-electron chi connectivity index (χ4n) is 4.80. The molecule has 0 unspecified atom stereocenters. The van der Waals surface area contributed by atoms with Gasteiger partial charge in [0.2, 0.25) is 0 Å². The van der Waals surface area contributed by atoms with Crippen LogP contribution in [-0.4, -0.2) is 43.0 Å². The van der Waals surface area contributed by atoms with Gasteiger partial charge >= 0.3 is 0 Å². The summed E-state index contributed by atoms with van der Waals surface area (Å²) in [6, 6.07) is 0.762. The summed E-state index contributed by atoms with van der Waals surface area (Å²) >= 11 is 4.74. The summed E-state index contributed by atoms with van der Waals surface area (Å²) in [4.78, 5) is 2.70. The van der Waals surface area contributed by atoms with Gasteiger partial charge in [0.15, 0.2) is 0 Å². The first-order valence-electron chi connectivity index (χ1n) is 7.04. The standard InChI is InChI=1S/C14H25NOS/c1-13(2)11-3-4-14(13,10-17)12(9-11)15-5-7-16-8-6-15/h11-12,17H,3-10H2,1-2H3/t11-,12-,14-/m1/s1. The van der Waals surface area contributed by atoms with E-state index >= 15 is 0 Å². The molecule has 0 amide bonds. The Morgan fingerprint density at radius 2 is 2.00 bits per heavy atom. The maximum atomic E-state index is 5.50. The molecular formula is C14H25NOS. The first kappa shape index (κ1) is 12.3. The fraction of sp³-hybridized carbons (Fsp3) is 1.00. The number of morpholine rings is 1. The van der Waals surface area contributed by atoms with Gasteiger partial charge < -0.3 is 4.74 Å². The predicted molar refractivity (Wildman–Crippen MR) is 73.6 cm³/mol. The van der Waals surface area contributed by atoms with Gasteiger partial charge in [-0.1, -0.05) is 13.8 Å². The fourth-order valence-corrected chi connectivity index (χ4v) is 5.58. The number of ether oxygens (including phenoxy) is 1. The van der Waals surface area contributed by atoms with Crippen molar-refractivity contribution >= 4 is 12.6 Å². The third-order valence-corrected chi connectivity index (χ3v) is 6.72. The lowest BCUT2D eigenvalue weighted by atomic mass is 9.68. The molecule has 3 atom stereocenters. The molecule has 3 rings (SSSR count). The van der Waals surface area contributed by atoms with Gasteiger partial charge in [0, 0.05) is 24.5 Å². The van der Waals surface area contributed by atoms with Crippen LogP contribution in [0.1, 0.15) is 33.1 Å². The highest BCUT2D eigenvalue weighted by Gasteiger charge is 2.64. The largest absolute Gasteiger partial charge is 0.379 e. The van der Waals surface area contributed by atoms with Crippen LogP contribution in [0.3, 0.4) is 0 Å². The molecule has 0 radical (unpaired) electrons. The Labute approximate surface area is 110 Å². The molecule has 2 saturated carbocycles. The van der Waals surface area contributed by atoms with E-state index in [9.17, 15) is 0 Å². The summed E-state index contributed by atoms with van der Waals surface area (Å²) in [6.45, 7) is 9.07. The van der Waals surface area contributed by atoms with Gasteiger partial charge in [-0.05, 0) is 36.3 Å². The molecule has 3 fully saturated rings. The number of rotatable bonds is 2. The zero-order valence-corrected chi connectivity index (χ0v) is 12.0. The second kappa shape index (κ2) is 4.14. The molecule has 0 aromatic rings. The van der Waals surface area contributed by atoms with E-state index < -0.39 is 0 Å². The van der Waals surface area contributed by atoms with Crippen LogP contribution < -0.4 is 0 Å². The molecule has 2 nitrogen and oxygen atoms in total. The predicted octanol–water partition coefficient (Wildman–Crippen LogP) is 2.44. The van der Waals surface area contributed by atoms with Crippen molar-refractivity contribution in [2.75, 3.05) is 32.1 Å². The average molecular weight is 255 g/mol. The molecule has 0 spiro atoms. The van der Waals surface area contributed by atoms with E-state index in [-0.39, 0.29) is 0 Å². The van der Waals surface area contributed by atoms with Crippen molar-refractivity contribution < 1.29 is 4.74 Å². The summed E-state index contributed by atoms with van der Waals surface area (Å²) < 4.78 is 5.50. The van der Waals surface area contributed by atoms with Crippen LogP contribution in [0.5, 0.6) is 0 Å². The zero-order chi connectivity index (χ0) is 12.1. The molecule has 0 aromatic carbocycles. The van der Waals surface area contributed by atoms with Crippen LogP contribution in [0.15, 0.2) is 0 Å². The Bertz CT molecular complexity index is 301. The van der Waals surface area contributed by atoms with Gasteiger partial charge in [0.25, 0.3) is 0 Å². The molecule has 17 heavy (non-hydrogen) atoms. The van der Waals surface area contributed by atoms with E-state index in [1.165, 1.54) is 19.3 Å². The van der Waals surface area contributed by atoms with E-state index in [1.54, 1.807) is 0 Å². The van der Waals surface area contributed by atoms with Gasteiger partial charge in [-0.25, -0.2) is 0 Å². The highest BCUT2D eigenvalue weighted by atomic mass is 32.1. The van der Waals surface area contributed by atoms with Crippen LogP contribution >= 0.6 is 12.6 Å². The molecule has 3 heteroatoms. The Hall–Kier alpha value is 0.270. The Morgan fingerprint density at radius 1 is 1.29 bits per heavy atom. The van der Waals surface area contributed by atoms with Crippen molar-refractivity contribution in [3.63, 3.8) is 0 Å². The van der Waals surface area contributed by atoms with Gasteiger partial charge in [-0.3, -0.25) is 4.90 Å². The van der Waals surface area contributed by atoms with Crippen molar-refractivity contribution in [3.05, 3.63) is 0 Å². The molecule has 0 N–H and O–H groups in total. The highest BCUT2D eigenvalue weighted by Crippen LogP contribution is 2.67. The summed E-state index contributed by atoms with van der Waals surface area (Å²) in [5.41, 5.74) is 0.940. The molecule has 98 valence electrons. The Balaban J connectivity index is 1.87. The summed E-state index contributed by atoms with van der Waals surface area (Å²) in [7, 11) is 0. The van der Waals surface area contributed by atoms with Crippen molar-refractivity contribution in [2.24, 2.45) is 16.7 Å². The van der Waals surface area contributed by atoms with E-state index in [4.69, 9.17) is 17.4 Å². The molecular weight excluding hydrogens is 230 g/mol. The maximum absolute atomic E-state index is 5.50. The van der Waals surface area contributed by atoms with Crippen molar-refractivity contribution in [2.45, 2.75) is 39.2 Å². The molecule has 1 aliphatic heterocycles. The number of hydrogen-bond donors (Lipinski definition) is 1. The van der Waals surface area contributed by atoms with Gasteiger partial charge in [-0.15, -0.1) is 0 Å². The number of thiol groups is 1. The average Bonchev–Trinajstić information content (AvgIpc) is 2.74. The topological polar surface area (TPSA) is 12.5 Å². The molecule has 0 aromatic heterocycles. The van der Waals surface area contributed by atoms with Gasteiger partial charge in [-0.2, -0.15) is 12.6 Å². The normalized spacial score (nSPS) is 45.4. The van der Waals surface area contributed by atoms with Crippen molar-refractivity contribution in [3.8, 4) is 0 Å². The number of fused-ring (bicyclic) bond motifs is 2. The summed E-state index contributed by atoms with van der Waals surface area (Å²) in [5, 5.41) is 0. The maximum Gasteiger partial charge on any atom is 0.0594 e. The van der Waals surface area contributed by atoms with Crippen LogP contribution in [0.2, 0.25) is 0 Å². The van der Waals surface area contributed by atoms with Gasteiger partial charge in [0.05, 0.1) is 13.2 Å². The Kier molecular flexibility index (Phi) is 3.00. The second-order valence-corrected chi connectivity index (χ2v) is 6.99. The molecule has 1 saturated heterocycles. The first-order valence-corrected chi connectivity index (χ1v) is 7.68. The second-order valence-electron chi connectivity index (χ2n) is 6.67. The van der Waals surface area contributed by atoms with E-state index in [2.05, 4.69) is 18.7 Å². The lowest BCUT2D eigenvalue weighted by molar-refractivity contribution is -0.0249. The number of nitrogens with zero attached hydrogens (tertiary/aromatic N) is 1. The summed E-state index contributed by atoms with van der Waals surface area (Å²) in [6.07, 6.45) is 4.21. The summed E-state index contributed by atoms with van der Waals surface area (Å²) in [5.74, 6) is 1.97. The highest BCUT2D eigenvalue weighted by molar-refractivity contribution is 7.80. The van der Waals surface area contributed by atoms with Gasteiger partial charge in [0.1, 0.15) is 0 Å². The van der Waals surface area contributed by atoms with E-state index in [0.29, 0.717) is 10.8 Å². The third kappa shape index (κ3) is 1.55. The third-order valence-electron chi connectivity index (χ3n) is 6.16. The van der Waals surface area contributed by atoms with Crippen LogP contribution in [-0.2, 0) is 4.74 Å². The lowest BCUT2D eigenvalue weighted by Crippen LogP contribution is -2.53. The van der Waals surface area contributed by atoms with E-state index in [1.807, 2.05) is 0 Å². The minimum atomic E-state index is 0.456. The number of hydrogen-bond acceptors (Lipinski definition) is 3. The minimum Gasteiger partial charge on any atom is -0.379 e. The van der Waals surface area contributed by atoms with Crippen molar-refractivity contribution in [1.82, 2.24) is 4.90 Å². The first-order chi connectivity index (χ1) is 8.12. The SMILES string of the molecule is CC1(C)[C@@H]2CC[C@@]1(CS)[C@H](N1CCOCC1)C2. The van der Waals surface area contributed by atoms with Crippen LogP contribution in [0.25, 0.3) is 0 Å². The van der Waals surface area contributed by atoms with E-state index in [0.717, 1.165) is 44.0 Å². The molecule has 1 heterocycles. The van der Waals surface area contributed by atoms with Crippen LogP contribution in [0, 0.1) is 16.7 Å². The Morgan fingerprint density at radius 3 is 2.59 bits per heavy atom. The monoisotopic (exact) mass is 255 g/mol. The smallest absolute Gasteiger partial charge is 0.0594 e.